The average molecular weight is 729 g/mol. The number of sulfonamides is 1. The van der Waals surface area contributed by atoms with Crippen LogP contribution < -0.4 is 19.7 Å². The van der Waals surface area contributed by atoms with Crippen molar-refractivity contribution in [1.29, 1.82) is 5.41 Å². The topological polar surface area (TPSA) is 143 Å². The maximum absolute atomic E-state index is 14.1. The van der Waals surface area contributed by atoms with Gasteiger partial charge in [-0.3, -0.25) is 19.3 Å². The average Bonchev–Trinajstić information content (AvgIpc) is 3.01. The van der Waals surface area contributed by atoms with Gasteiger partial charge in [-0.2, -0.15) is 0 Å². The Kier molecular flexibility index (Phi) is 10.5. The highest BCUT2D eigenvalue weighted by molar-refractivity contribution is 14.0. The molecule has 1 aliphatic rings. The molecule has 10 nitrogen and oxygen atoms in total. The summed E-state index contributed by atoms with van der Waals surface area (Å²) in [4.78, 5) is 27.5. The zero-order valence-electron chi connectivity index (χ0n) is 24.1. The van der Waals surface area contributed by atoms with Crippen LogP contribution >= 0.6 is 24.0 Å². The van der Waals surface area contributed by atoms with Gasteiger partial charge in [-0.1, -0.05) is 36.4 Å². The highest BCUT2D eigenvalue weighted by Gasteiger charge is 2.31. The van der Waals surface area contributed by atoms with Crippen LogP contribution in [0.15, 0.2) is 89.8 Å². The number of nitrogens with two attached hydrogens (primary N) is 1. The minimum absolute atomic E-state index is 0. The van der Waals surface area contributed by atoms with E-state index in [-0.39, 0.29) is 53.8 Å². The summed E-state index contributed by atoms with van der Waals surface area (Å²) >= 11 is 0. The van der Waals surface area contributed by atoms with Gasteiger partial charge in [-0.05, 0) is 79.2 Å². The summed E-state index contributed by atoms with van der Waals surface area (Å²) < 4.78 is 40.1. The van der Waals surface area contributed by atoms with Crippen molar-refractivity contribution in [2.45, 2.75) is 24.7 Å². The summed E-state index contributed by atoms with van der Waals surface area (Å²) in [5.41, 5.74) is 7.79. The molecule has 3 N–H and O–H groups in total. The monoisotopic (exact) mass is 728 g/mol. The second kappa shape index (κ2) is 14.1. The third-order valence-corrected chi connectivity index (χ3v) is 9.03. The molecule has 0 atom stereocenters. The summed E-state index contributed by atoms with van der Waals surface area (Å²) in [6, 6.07) is 23.8. The number of carbonyl (C=O) groups is 2. The van der Waals surface area contributed by atoms with Crippen LogP contribution in [-0.4, -0.2) is 52.4 Å². The van der Waals surface area contributed by atoms with Gasteiger partial charge in [0, 0.05) is 23.2 Å². The molecule has 0 saturated heterocycles. The largest absolute Gasteiger partial charge is 0.484 e. The molecule has 0 aliphatic carbocycles. The van der Waals surface area contributed by atoms with E-state index in [1.54, 1.807) is 72.5 Å². The van der Waals surface area contributed by atoms with Crippen LogP contribution in [0.3, 0.4) is 0 Å². The third-order valence-electron chi connectivity index (χ3n) is 7.19. The lowest BCUT2D eigenvalue weighted by molar-refractivity contribution is -0.141. The van der Waals surface area contributed by atoms with Gasteiger partial charge in [0.05, 0.1) is 17.2 Å². The van der Waals surface area contributed by atoms with Gasteiger partial charge in [0.1, 0.15) is 18.1 Å². The number of nitrogen functional groups attached to an aromatic ring is 1. The van der Waals surface area contributed by atoms with Gasteiger partial charge >= 0.3 is 5.97 Å². The zero-order chi connectivity index (χ0) is 30.6. The van der Waals surface area contributed by atoms with E-state index in [1.807, 2.05) is 18.2 Å². The predicted octanol–water partition coefficient (Wildman–Crippen LogP) is 4.86. The maximum atomic E-state index is 14.1. The molecule has 12 heteroatoms. The third kappa shape index (κ3) is 6.97. The fourth-order valence-electron chi connectivity index (χ4n) is 5.13. The summed E-state index contributed by atoms with van der Waals surface area (Å²) in [7, 11) is -4.19. The summed E-state index contributed by atoms with van der Waals surface area (Å²) in [6.07, 6.45) is 1.30. The van der Waals surface area contributed by atoms with Crippen molar-refractivity contribution in [3.63, 3.8) is 0 Å². The molecule has 0 bridgehead atoms. The summed E-state index contributed by atoms with van der Waals surface area (Å²) in [5.74, 6) is -0.512. The number of amides is 1. The molecule has 0 aromatic heterocycles. The number of hydrogen-bond acceptors (Lipinski definition) is 7. The molecule has 0 spiro atoms. The van der Waals surface area contributed by atoms with Gasteiger partial charge in [0.15, 0.2) is 6.61 Å². The number of amidine groups is 1. The van der Waals surface area contributed by atoms with E-state index < -0.39 is 22.5 Å². The van der Waals surface area contributed by atoms with Crippen molar-refractivity contribution in [3.05, 3.63) is 96.1 Å². The Morgan fingerprint density at radius 2 is 1.73 bits per heavy atom. The van der Waals surface area contributed by atoms with Crippen LogP contribution in [0.5, 0.6) is 5.75 Å². The molecule has 1 heterocycles. The Balaban J connectivity index is 0.00000442. The van der Waals surface area contributed by atoms with Crippen LogP contribution in [0.2, 0.25) is 0 Å². The normalized spacial score (nSPS) is 12.5. The number of aryl methyl sites for hydroxylation is 1. The van der Waals surface area contributed by atoms with E-state index in [0.29, 0.717) is 47.5 Å². The van der Waals surface area contributed by atoms with E-state index >= 15 is 0 Å². The van der Waals surface area contributed by atoms with Crippen LogP contribution in [0.1, 0.15) is 24.5 Å². The fourth-order valence-corrected chi connectivity index (χ4v) is 6.75. The first-order valence-electron chi connectivity index (χ1n) is 13.9. The Bertz CT molecular complexity index is 1790. The number of rotatable bonds is 10. The molecule has 4 aromatic rings. The molecule has 230 valence electrons. The minimum atomic E-state index is -4.19. The summed E-state index contributed by atoms with van der Waals surface area (Å²) in [5, 5.41) is 8.81. The van der Waals surface area contributed by atoms with Gasteiger partial charge in [-0.15, -0.1) is 24.0 Å². The molecule has 44 heavy (non-hydrogen) atoms. The van der Waals surface area contributed by atoms with Crippen LogP contribution in [0.25, 0.3) is 10.8 Å². The lowest BCUT2D eigenvalue weighted by atomic mass is 10.0. The molecule has 0 fully saturated rings. The van der Waals surface area contributed by atoms with Crippen molar-refractivity contribution in [3.8, 4) is 5.75 Å². The zero-order valence-corrected chi connectivity index (χ0v) is 27.2. The van der Waals surface area contributed by atoms with Crippen molar-refractivity contribution >= 4 is 73.9 Å². The Morgan fingerprint density at radius 3 is 2.45 bits per heavy atom. The number of benzene rings is 4. The Morgan fingerprint density at radius 1 is 1.00 bits per heavy atom. The second-order valence-corrected chi connectivity index (χ2v) is 11.8. The van der Waals surface area contributed by atoms with Crippen molar-refractivity contribution < 1.29 is 27.5 Å². The number of ether oxygens (including phenoxy) is 2. The summed E-state index contributed by atoms with van der Waals surface area (Å²) in [6.45, 7) is 1.56. The Labute approximate surface area is 273 Å². The maximum Gasteiger partial charge on any atom is 0.326 e. The second-order valence-electron chi connectivity index (χ2n) is 9.98. The van der Waals surface area contributed by atoms with Crippen molar-refractivity contribution in [2.24, 2.45) is 5.73 Å². The number of halogens is 1. The number of anilines is 2. The fraction of sp³-hybridized carbons (Fsp3) is 0.219. The first-order chi connectivity index (χ1) is 20.7. The molecule has 0 saturated carbocycles. The quantitative estimate of drug-likeness (QED) is 0.103. The van der Waals surface area contributed by atoms with Gasteiger partial charge < -0.3 is 20.1 Å². The first kappa shape index (κ1) is 32.7. The molecule has 5 rings (SSSR count). The number of carbonyl (C=O) groups excluding carboxylic acids is 2. The van der Waals surface area contributed by atoms with E-state index in [2.05, 4.69) is 0 Å². The lowest BCUT2D eigenvalue weighted by Crippen LogP contribution is -2.39. The SMILES string of the molecule is CCOC(=O)CN(c1ccc2c(c1)CCCN2C(=O)COc1ccc(C(=N)N)cc1)S(=O)(=O)c1cccc2ccccc12.I. The molecule has 4 aromatic carbocycles. The number of nitrogens with one attached hydrogen (secondary N) is 1. The van der Waals surface area contributed by atoms with Crippen LogP contribution in [-0.2, 0) is 30.8 Å². The van der Waals surface area contributed by atoms with E-state index in [0.717, 1.165) is 15.3 Å². The molecule has 0 unspecified atom stereocenters. The molecule has 1 aliphatic heterocycles. The number of esters is 1. The minimum Gasteiger partial charge on any atom is -0.484 e. The molecular weight excluding hydrogens is 695 g/mol. The van der Waals surface area contributed by atoms with Crippen LogP contribution in [0.4, 0.5) is 11.4 Å². The number of fused-ring (bicyclic) bond motifs is 2. The molecular formula is C32H33IN4O6S. The van der Waals surface area contributed by atoms with E-state index in [1.165, 1.54) is 6.07 Å². The van der Waals surface area contributed by atoms with Gasteiger partial charge in [-0.25, -0.2) is 8.42 Å². The number of hydrogen-bond donors (Lipinski definition) is 2. The van der Waals surface area contributed by atoms with Gasteiger partial charge in [0.2, 0.25) is 0 Å². The predicted molar refractivity (Wildman–Crippen MR) is 181 cm³/mol. The van der Waals surface area contributed by atoms with Crippen molar-refractivity contribution in [2.75, 3.05) is 35.5 Å². The highest BCUT2D eigenvalue weighted by Crippen LogP contribution is 2.34. The van der Waals surface area contributed by atoms with E-state index in [9.17, 15) is 18.0 Å². The standard InChI is InChI=1S/C32H32N4O6S.HI/c1-2-41-31(38)20-36(43(39,40)29-11-5-8-22-7-3-4-10-27(22)29)25-14-17-28-24(19-25)9-6-18-35(28)30(37)21-42-26-15-12-23(13-16-26)32(33)34;/h3-5,7-8,10-17,19H,2,6,9,18,20-21H2,1H3,(H3,33,34);1H. The smallest absolute Gasteiger partial charge is 0.326 e. The van der Waals surface area contributed by atoms with Gasteiger partial charge in [0.25, 0.3) is 15.9 Å². The lowest BCUT2D eigenvalue weighted by Gasteiger charge is -2.31. The Hall–Kier alpha value is -4.17. The van der Waals surface area contributed by atoms with Crippen LogP contribution in [0, 0.1) is 5.41 Å². The molecule has 0 radical (unpaired) electrons. The van der Waals surface area contributed by atoms with Crippen molar-refractivity contribution in [1.82, 2.24) is 0 Å². The highest BCUT2D eigenvalue weighted by atomic mass is 127. The molecule has 1 amide bonds. The number of nitrogens with zero attached hydrogens (tertiary/aromatic N) is 2. The van der Waals surface area contributed by atoms with E-state index in [4.69, 9.17) is 20.6 Å². The first-order valence-corrected chi connectivity index (χ1v) is 15.3.